The Morgan fingerprint density at radius 2 is 0.944 bits per heavy atom. The molecule has 10 aliphatic rings. The Morgan fingerprint density at radius 3 is 1.30 bits per heavy atom. The fraction of sp³-hybridized carbons (Fsp3) is 0.630. The number of halogens is 2. The lowest BCUT2D eigenvalue weighted by Gasteiger charge is -2.35. The molecule has 6 aliphatic carbocycles. The smallest absolute Gasteiger partial charge is 0.408 e. The number of nitrogens with one attached hydrogen (secondary N) is 6. The first-order valence-corrected chi connectivity index (χ1v) is 47.6. The van der Waals surface area contributed by atoms with Crippen LogP contribution in [0, 0.1) is 46.3 Å². The highest BCUT2D eigenvalue weighted by Gasteiger charge is 2.63. The molecule has 4 aromatic heterocycles. The van der Waals surface area contributed by atoms with Gasteiger partial charge >= 0.3 is 24.1 Å². The molecule has 10 fully saturated rings. The van der Waals surface area contributed by atoms with E-state index < -0.39 is 112 Å². The molecule has 0 radical (unpaired) electrons. The monoisotopic (exact) mass is 1810 g/mol. The molecule has 6 saturated carbocycles. The molecule has 8 heterocycles. The molecule has 6 aromatic rings. The second-order valence-electron chi connectivity index (χ2n) is 39.0. The van der Waals surface area contributed by atoms with Crippen molar-refractivity contribution >= 4 is 126 Å². The SMILES string of the molecule is C=C[C@@H]1CC1(NC(=O)[C@@H]1C[C@@H](Oc2cc(-c3csc(NC(C)C)n3)nc3c(Cl)c(OCCN4CCCCC4)ccc23)CN1C(=O)[C@@H](NC(=O)OC1C[C@@H]2C[C@@H]2C1)C(C)(C)C)C(=O)O.CC[C@@H]1CC1(NC(=O)[C@@H]1C[C@@H](Oc2cc(-c3csc(NC(C)C)n3)nc3c(Cl)c(OCCN4CCCCC4)ccc23)CN1C(=O)[C@@H](NC(=O)OC1C[C@@H]2C[C@@H]2C1)C(C)(C)C)C(=O)O. The van der Waals surface area contributed by atoms with E-state index in [2.05, 4.69) is 48.3 Å². The molecule has 8 N–H and O–H groups in total. The van der Waals surface area contributed by atoms with E-state index in [1.54, 1.807) is 18.2 Å². The van der Waals surface area contributed by atoms with Crippen LogP contribution in [0.15, 0.2) is 59.8 Å². The summed E-state index contributed by atoms with van der Waals surface area (Å²) in [6.07, 6.45) is 12.3. The fourth-order valence-corrected chi connectivity index (χ4v) is 21.4. The molecule has 4 unspecified atom stereocenters. The lowest BCUT2D eigenvalue weighted by molar-refractivity contribution is -0.146. The Bertz CT molecular complexity index is 5050. The van der Waals surface area contributed by atoms with Crippen LogP contribution in [-0.4, -0.2) is 235 Å². The molecule has 34 heteroatoms. The van der Waals surface area contributed by atoms with Crippen molar-refractivity contribution in [2.75, 3.05) is 76.2 Å². The summed E-state index contributed by atoms with van der Waals surface area (Å²) in [6.45, 7) is 31.4. The average Bonchev–Trinajstić information content (AvgIpc) is 1.46. The van der Waals surface area contributed by atoms with Crippen LogP contribution in [0.5, 0.6) is 23.0 Å². The maximum Gasteiger partial charge on any atom is 0.408 e. The van der Waals surface area contributed by atoms with Crippen molar-refractivity contribution in [3.63, 3.8) is 0 Å². The van der Waals surface area contributed by atoms with E-state index in [4.69, 9.17) is 71.6 Å². The molecule has 2 aromatic carbocycles. The number of carbonyl (C=O) groups is 8. The average molecular weight is 1820 g/mol. The normalized spacial score (nSPS) is 27.1. The van der Waals surface area contributed by atoms with Crippen LogP contribution in [0.2, 0.25) is 10.0 Å². The van der Waals surface area contributed by atoms with Gasteiger partial charge in [0.25, 0.3) is 0 Å². The van der Waals surface area contributed by atoms with E-state index in [1.807, 2.05) is 105 Å². The molecule has 16 rings (SSSR count). The highest BCUT2D eigenvalue weighted by molar-refractivity contribution is 7.14. The number of nitrogens with zero attached hydrogens (tertiary/aromatic N) is 8. The number of alkyl carbamates (subject to hydrolysis) is 2. The molecule has 6 amide bonds. The zero-order valence-electron chi connectivity index (χ0n) is 74.0. The first kappa shape index (κ1) is 91.7. The number of aromatic nitrogens is 4. The number of carboxylic acids is 2. The zero-order chi connectivity index (χ0) is 89.6. The second-order valence-corrected chi connectivity index (χ2v) is 41.5. The number of rotatable bonds is 32. The summed E-state index contributed by atoms with van der Waals surface area (Å²) in [7, 11) is 0. The van der Waals surface area contributed by atoms with Crippen LogP contribution < -0.4 is 50.8 Å². The number of aliphatic carboxylic acids is 2. The summed E-state index contributed by atoms with van der Waals surface area (Å²) in [4.78, 5) is 137. The number of hydrogen-bond donors (Lipinski definition) is 8. The standard InChI is InChI=1S/C46H62ClN7O8S.C46H60ClN7O8S/c2*1-7-28-22-46(28,42(57)58)52-40(55)34-20-30(23-54(34)41(56)39(45(4,5)6)51-44(59)62-29-18-26-17-27(26)19-29)61-36-21-32(33-24-63-43(50-33)48-25(2)3)49-38-31(36)11-12-35(37(38)47)60-16-15-53-13-9-8-10-14-53/h11-12,21,24-30,34,39H,7-10,13-20,22-23H2,1-6H3,(H,48,50)(H,51,59)(H,52,55)(H,57,58);7,11-12,21,24-30,34,39H,1,8-10,13-20,22-23H2,2-6H3,(H,48,50)(H,51,59)(H,52,55)(H,57,58)/t2*26-,27+,28-,29?,30-,34+,39-,46?/m11/s1. The van der Waals surface area contributed by atoms with Gasteiger partial charge in [-0.25, -0.2) is 39.1 Å². The molecule has 4 aliphatic heterocycles. The van der Waals surface area contributed by atoms with Gasteiger partial charge in [-0.15, -0.1) is 29.3 Å². The van der Waals surface area contributed by atoms with Crippen molar-refractivity contribution in [1.29, 1.82) is 0 Å². The van der Waals surface area contributed by atoms with Crippen LogP contribution in [0.4, 0.5) is 19.9 Å². The Kier molecular flexibility index (Phi) is 27.6. The van der Waals surface area contributed by atoms with Crippen molar-refractivity contribution in [2.24, 2.45) is 46.3 Å². The summed E-state index contributed by atoms with van der Waals surface area (Å²) < 4.78 is 37.7. The van der Waals surface area contributed by atoms with E-state index in [0.717, 1.165) is 75.2 Å². The zero-order valence-corrected chi connectivity index (χ0v) is 77.1. The third-order valence-corrected chi connectivity index (χ3v) is 28.9. The van der Waals surface area contributed by atoms with Gasteiger partial charge in [0.05, 0.1) is 35.5 Å². The number of carboxylic acid groups (broad SMARTS) is 2. The summed E-state index contributed by atoms with van der Waals surface area (Å²) >= 11 is 17.1. The van der Waals surface area contributed by atoms with Gasteiger partial charge in [0, 0.05) is 77.6 Å². The predicted octanol–water partition coefficient (Wildman–Crippen LogP) is 14.5. The van der Waals surface area contributed by atoms with Crippen molar-refractivity contribution in [1.82, 2.24) is 60.8 Å². The molecular formula is C92H122Cl2N14O16S2. The van der Waals surface area contributed by atoms with Crippen LogP contribution in [-0.2, 0) is 38.2 Å². The Balaban J connectivity index is 0.000000194. The van der Waals surface area contributed by atoms with Gasteiger partial charge in [-0.05, 0) is 196 Å². The maximum absolute atomic E-state index is 14.8. The topological polar surface area (TPSA) is 369 Å². The van der Waals surface area contributed by atoms with Crippen molar-refractivity contribution in [3.8, 4) is 45.8 Å². The third kappa shape index (κ3) is 20.9. The van der Waals surface area contributed by atoms with E-state index in [1.165, 1.54) is 89.9 Å². The van der Waals surface area contributed by atoms with E-state index >= 15 is 0 Å². The van der Waals surface area contributed by atoms with Gasteiger partial charge in [0.1, 0.15) is 117 Å². The summed E-state index contributed by atoms with van der Waals surface area (Å²) in [5.74, 6) is -1.01. The number of anilines is 2. The lowest BCUT2D eigenvalue weighted by Crippen LogP contribution is -2.59. The highest BCUT2D eigenvalue weighted by Crippen LogP contribution is 2.55. The molecule has 0 bridgehead atoms. The minimum absolute atomic E-state index is 0.0206. The van der Waals surface area contributed by atoms with Crippen LogP contribution in [0.3, 0.4) is 0 Å². The van der Waals surface area contributed by atoms with Crippen molar-refractivity contribution in [2.45, 2.75) is 257 Å². The van der Waals surface area contributed by atoms with Crippen LogP contribution in [0.25, 0.3) is 44.6 Å². The highest BCUT2D eigenvalue weighted by atomic mass is 35.5. The number of ether oxygens (including phenoxy) is 6. The molecule has 4 saturated heterocycles. The number of carbonyl (C=O) groups excluding carboxylic acids is 6. The second kappa shape index (κ2) is 37.9. The first-order chi connectivity index (χ1) is 60.0. The van der Waals surface area contributed by atoms with E-state index in [0.29, 0.717) is 127 Å². The van der Waals surface area contributed by atoms with Gasteiger partial charge < -0.3 is 80.3 Å². The molecule has 682 valence electrons. The summed E-state index contributed by atoms with van der Waals surface area (Å²) in [5.41, 5.74) is -1.41. The third-order valence-electron chi connectivity index (χ3n) is 26.6. The van der Waals surface area contributed by atoms with Gasteiger partial charge in [0.2, 0.25) is 23.6 Å². The Morgan fingerprint density at radius 1 is 0.540 bits per heavy atom. The molecule has 0 spiro atoms. The minimum atomic E-state index is -1.53. The Hall–Kier alpha value is -9.08. The number of hydrogen-bond acceptors (Lipinski definition) is 24. The van der Waals surface area contributed by atoms with Crippen LogP contribution >= 0.6 is 45.9 Å². The maximum atomic E-state index is 14.8. The number of thiazole rings is 2. The quantitative estimate of drug-likeness (QED) is 0.0182. The number of fused-ring (bicyclic) bond motifs is 4. The van der Waals surface area contributed by atoms with E-state index in [-0.39, 0.29) is 62.6 Å². The minimum Gasteiger partial charge on any atom is -0.491 e. The largest absolute Gasteiger partial charge is 0.491 e. The van der Waals surface area contributed by atoms with Crippen molar-refractivity contribution < 1.29 is 77.0 Å². The molecule has 30 nitrogen and oxygen atoms in total. The van der Waals surface area contributed by atoms with Gasteiger partial charge in [-0.3, -0.25) is 29.0 Å². The summed E-state index contributed by atoms with van der Waals surface area (Å²) in [5, 5.41) is 45.5. The number of likely N-dealkylation sites (tertiary alicyclic amines) is 4. The number of piperidine rings is 2. The molecule has 16 atom stereocenters. The first-order valence-electron chi connectivity index (χ1n) is 45.1. The predicted molar refractivity (Wildman–Crippen MR) is 483 cm³/mol. The van der Waals surface area contributed by atoms with Gasteiger partial charge in [0.15, 0.2) is 10.3 Å². The van der Waals surface area contributed by atoms with E-state index in [9.17, 15) is 48.6 Å². The van der Waals surface area contributed by atoms with Crippen molar-refractivity contribution in [3.05, 3.63) is 69.9 Å². The number of amides is 6. The molecular weight excluding hydrogens is 1690 g/mol. The van der Waals surface area contributed by atoms with Gasteiger partial charge in [-0.1, -0.05) is 97.0 Å². The van der Waals surface area contributed by atoms with Crippen LogP contribution in [0.1, 0.15) is 185 Å². The fourth-order valence-electron chi connectivity index (χ4n) is 19.2. The molecule has 126 heavy (non-hydrogen) atoms. The number of benzene rings is 2. The number of pyridine rings is 2. The summed E-state index contributed by atoms with van der Waals surface area (Å²) in [6, 6.07) is 6.84. The Labute approximate surface area is 754 Å². The lowest BCUT2D eigenvalue weighted by atomic mass is 9.85. The van der Waals surface area contributed by atoms with Gasteiger partial charge in [-0.2, -0.15) is 0 Å².